The Hall–Kier alpha value is -2.57. The van der Waals surface area contributed by atoms with Gasteiger partial charge in [0.15, 0.2) is 16.7 Å². The summed E-state index contributed by atoms with van der Waals surface area (Å²) in [5.41, 5.74) is 1.77. The summed E-state index contributed by atoms with van der Waals surface area (Å²) in [6.45, 7) is 4.97. The molecule has 162 valence electrons. The van der Waals surface area contributed by atoms with Crippen LogP contribution in [0.1, 0.15) is 49.1 Å². The first-order valence-corrected chi connectivity index (χ1v) is 12.3. The van der Waals surface area contributed by atoms with Crippen molar-refractivity contribution in [2.75, 3.05) is 11.1 Å². The lowest BCUT2D eigenvalue weighted by molar-refractivity contribution is -0.113. The normalized spacial score (nSPS) is 13.6. The maximum atomic E-state index is 12.7. The van der Waals surface area contributed by atoms with Crippen molar-refractivity contribution in [2.24, 2.45) is 5.92 Å². The zero-order valence-corrected chi connectivity index (χ0v) is 19.3. The van der Waals surface area contributed by atoms with E-state index in [1.54, 1.807) is 17.6 Å². The standard InChI is InChI=1S/C22H25N5O2S2/c1-14(2)12-27-20(17-8-6-10-29-17)25-26-22(27)30-13-19(28)24-21-16(11-23)15-7-4-3-5-9-18(15)31-21/h6,8,10,14H,3-5,7,9,12-13H2,1-2H3,(H,24,28). The van der Waals surface area contributed by atoms with Crippen molar-refractivity contribution < 1.29 is 9.21 Å². The molecule has 7 nitrogen and oxygen atoms in total. The van der Waals surface area contributed by atoms with Gasteiger partial charge in [-0.3, -0.25) is 9.36 Å². The highest BCUT2D eigenvalue weighted by Crippen LogP contribution is 2.37. The molecule has 0 unspecified atom stereocenters. The van der Waals surface area contributed by atoms with Gasteiger partial charge in [-0.1, -0.05) is 32.0 Å². The van der Waals surface area contributed by atoms with Gasteiger partial charge in [0, 0.05) is 11.4 Å². The predicted molar refractivity (Wildman–Crippen MR) is 122 cm³/mol. The van der Waals surface area contributed by atoms with Crippen LogP contribution in [0.3, 0.4) is 0 Å². The molecular weight excluding hydrogens is 430 g/mol. The van der Waals surface area contributed by atoms with Crippen molar-refractivity contribution in [3.8, 4) is 17.7 Å². The van der Waals surface area contributed by atoms with E-state index in [0.717, 1.165) is 37.8 Å². The molecule has 1 N–H and O–H groups in total. The van der Waals surface area contributed by atoms with E-state index in [-0.39, 0.29) is 11.7 Å². The molecular formula is C22H25N5O2S2. The summed E-state index contributed by atoms with van der Waals surface area (Å²) >= 11 is 2.90. The number of amides is 1. The number of nitrogens with one attached hydrogen (secondary N) is 1. The second-order valence-electron chi connectivity index (χ2n) is 8.01. The largest absolute Gasteiger partial charge is 0.461 e. The van der Waals surface area contributed by atoms with Crippen LogP contribution in [-0.4, -0.2) is 26.4 Å². The highest BCUT2D eigenvalue weighted by atomic mass is 32.2. The number of aryl methyl sites for hydroxylation is 1. The smallest absolute Gasteiger partial charge is 0.235 e. The fourth-order valence-corrected chi connectivity index (χ4v) is 5.76. The lowest BCUT2D eigenvalue weighted by atomic mass is 10.1. The first-order chi connectivity index (χ1) is 15.1. The molecule has 0 bridgehead atoms. The lowest BCUT2D eigenvalue weighted by Crippen LogP contribution is -2.15. The summed E-state index contributed by atoms with van der Waals surface area (Å²) in [4.78, 5) is 13.9. The average molecular weight is 456 g/mol. The van der Waals surface area contributed by atoms with Crippen LogP contribution in [0.25, 0.3) is 11.6 Å². The molecule has 1 aliphatic rings. The maximum absolute atomic E-state index is 12.7. The number of rotatable bonds is 7. The zero-order valence-electron chi connectivity index (χ0n) is 17.7. The number of carbonyl (C=O) groups is 1. The van der Waals surface area contributed by atoms with Gasteiger partial charge in [-0.2, -0.15) is 5.26 Å². The summed E-state index contributed by atoms with van der Waals surface area (Å²) in [5, 5.41) is 22.5. The van der Waals surface area contributed by atoms with Crippen LogP contribution in [0.5, 0.6) is 0 Å². The molecule has 0 atom stereocenters. The summed E-state index contributed by atoms with van der Waals surface area (Å²) in [7, 11) is 0. The van der Waals surface area contributed by atoms with Crippen LogP contribution < -0.4 is 5.32 Å². The monoisotopic (exact) mass is 455 g/mol. The van der Waals surface area contributed by atoms with Crippen molar-refractivity contribution in [3.63, 3.8) is 0 Å². The Kier molecular flexibility index (Phi) is 6.78. The van der Waals surface area contributed by atoms with Crippen LogP contribution in [-0.2, 0) is 24.2 Å². The molecule has 0 saturated heterocycles. The molecule has 0 radical (unpaired) electrons. The predicted octanol–water partition coefficient (Wildman–Crippen LogP) is 5.13. The molecule has 3 aromatic heterocycles. The first kappa shape index (κ1) is 21.7. The van der Waals surface area contributed by atoms with Crippen molar-refractivity contribution in [3.05, 3.63) is 34.4 Å². The average Bonchev–Trinajstić information content (AvgIpc) is 3.42. The van der Waals surface area contributed by atoms with Gasteiger partial charge in [0.25, 0.3) is 0 Å². The van der Waals surface area contributed by atoms with Gasteiger partial charge in [-0.05, 0) is 49.3 Å². The Labute approximate surface area is 189 Å². The number of aromatic nitrogens is 3. The first-order valence-electron chi connectivity index (χ1n) is 10.5. The number of hydrogen-bond acceptors (Lipinski definition) is 7. The lowest BCUT2D eigenvalue weighted by Gasteiger charge is -2.11. The third-order valence-electron chi connectivity index (χ3n) is 5.12. The van der Waals surface area contributed by atoms with Gasteiger partial charge in [0.05, 0.1) is 17.6 Å². The van der Waals surface area contributed by atoms with E-state index in [1.165, 1.54) is 23.1 Å². The Balaban J connectivity index is 1.47. The van der Waals surface area contributed by atoms with Crippen molar-refractivity contribution in [2.45, 2.75) is 57.7 Å². The van der Waals surface area contributed by atoms with E-state index in [0.29, 0.717) is 33.2 Å². The fourth-order valence-electron chi connectivity index (χ4n) is 3.76. The third kappa shape index (κ3) is 4.86. The number of nitriles is 1. The van der Waals surface area contributed by atoms with Crippen LogP contribution in [0, 0.1) is 17.2 Å². The van der Waals surface area contributed by atoms with Crippen LogP contribution in [0.4, 0.5) is 5.00 Å². The van der Waals surface area contributed by atoms with Crippen molar-refractivity contribution >= 4 is 34.0 Å². The minimum Gasteiger partial charge on any atom is -0.461 e. The number of furan rings is 1. The zero-order chi connectivity index (χ0) is 21.8. The molecule has 1 amide bonds. The molecule has 0 spiro atoms. The molecule has 3 heterocycles. The number of hydrogen-bond donors (Lipinski definition) is 1. The second-order valence-corrected chi connectivity index (χ2v) is 10.1. The molecule has 9 heteroatoms. The van der Waals surface area contributed by atoms with E-state index in [9.17, 15) is 10.1 Å². The van der Waals surface area contributed by atoms with Gasteiger partial charge < -0.3 is 9.73 Å². The number of thioether (sulfide) groups is 1. The molecule has 0 aromatic carbocycles. The topological polar surface area (TPSA) is 96.7 Å². The van der Waals surface area contributed by atoms with Crippen LogP contribution in [0.2, 0.25) is 0 Å². The van der Waals surface area contributed by atoms with E-state index in [1.807, 2.05) is 16.7 Å². The highest BCUT2D eigenvalue weighted by molar-refractivity contribution is 7.99. The molecule has 0 fully saturated rings. The van der Waals surface area contributed by atoms with Crippen molar-refractivity contribution in [1.82, 2.24) is 14.8 Å². The third-order valence-corrected chi connectivity index (χ3v) is 7.30. The molecule has 1 aliphatic carbocycles. The number of anilines is 1. The summed E-state index contributed by atoms with van der Waals surface area (Å²) < 4.78 is 7.49. The number of nitrogens with zero attached hydrogens (tertiary/aromatic N) is 4. The van der Waals surface area contributed by atoms with Crippen LogP contribution >= 0.6 is 23.1 Å². The molecule has 31 heavy (non-hydrogen) atoms. The van der Waals surface area contributed by atoms with E-state index in [2.05, 4.69) is 35.4 Å². The van der Waals surface area contributed by atoms with E-state index in [4.69, 9.17) is 4.42 Å². The number of carbonyl (C=O) groups excluding carboxylic acids is 1. The molecule has 3 aromatic rings. The Morgan fingerprint density at radius 2 is 2.19 bits per heavy atom. The summed E-state index contributed by atoms with van der Waals surface area (Å²) in [6.07, 6.45) is 6.97. The number of thiophene rings is 1. The van der Waals surface area contributed by atoms with E-state index < -0.39 is 0 Å². The Bertz CT molecular complexity index is 1090. The van der Waals surface area contributed by atoms with Gasteiger partial charge in [0.1, 0.15) is 11.1 Å². The summed E-state index contributed by atoms with van der Waals surface area (Å²) in [6, 6.07) is 5.98. The fraction of sp³-hybridized carbons (Fsp3) is 0.455. The van der Waals surface area contributed by atoms with Gasteiger partial charge in [-0.25, -0.2) is 0 Å². The van der Waals surface area contributed by atoms with Gasteiger partial charge >= 0.3 is 0 Å². The van der Waals surface area contributed by atoms with Crippen molar-refractivity contribution in [1.29, 1.82) is 5.26 Å². The van der Waals surface area contributed by atoms with E-state index >= 15 is 0 Å². The minimum absolute atomic E-state index is 0.142. The summed E-state index contributed by atoms with van der Waals surface area (Å²) in [5.74, 6) is 1.76. The molecule has 0 saturated carbocycles. The Morgan fingerprint density at radius 3 is 2.94 bits per heavy atom. The quantitative estimate of drug-likeness (QED) is 0.392. The van der Waals surface area contributed by atoms with Gasteiger partial charge in [-0.15, -0.1) is 21.5 Å². The minimum atomic E-state index is -0.142. The highest BCUT2D eigenvalue weighted by Gasteiger charge is 2.22. The Morgan fingerprint density at radius 1 is 1.35 bits per heavy atom. The van der Waals surface area contributed by atoms with Gasteiger partial charge in [0.2, 0.25) is 5.91 Å². The maximum Gasteiger partial charge on any atom is 0.235 e. The molecule has 0 aliphatic heterocycles. The second kappa shape index (κ2) is 9.71. The van der Waals surface area contributed by atoms with Crippen LogP contribution in [0.15, 0.2) is 28.0 Å². The SMILES string of the molecule is CC(C)Cn1c(SCC(=O)Nc2sc3c(c2C#N)CCCCC3)nnc1-c1ccco1. The molecule has 4 rings (SSSR count). The number of fused-ring (bicyclic) bond motifs is 1.